The maximum atomic E-state index is 11.4. The van der Waals surface area contributed by atoms with E-state index in [1.54, 1.807) is 0 Å². The molecular formula is C7H11N3O5S. The molecule has 0 radical (unpaired) electrons. The standard InChI is InChI=1S/C7H11N3O5S/c11-5(7(12)13)1-4-9-16(14,15)6-2-3-8-10-6/h2-3,5,9,11H,1,4H2,(H,8,10)(H,12,13). The molecule has 0 fully saturated rings. The number of hydrogen-bond acceptors (Lipinski definition) is 5. The van der Waals surface area contributed by atoms with E-state index in [4.69, 9.17) is 10.2 Å². The lowest BCUT2D eigenvalue weighted by atomic mass is 10.3. The van der Waals surface area contributed by atoms with Crippen LogP contribution in [-0.4, -0.2) is 47.4 Å². The zero-order valence-corrected chi connectivity index (χ0v) is 8.94. The van der Waals surface area contributed by atoms with Crippen molar-refractivity contribution in [1.29, 1.82) is 0 Å². The topological polar surface area (TPSA) is 132 Å². The first kappa shape index (κ1) is 12.6. The van der Waals surface area contributed by atoms with Crippen LogP contribution >= 0.6 is 0 Å². The van der Waals surface area contributed by atoms with Crippen LogP contribution in [0.1, 0.15) is 6.42 Å². The number of nitrogens with one attached hydrogen (secondary N) is 2. The number of rotatable bonds is 6. The zero-order chi connectivity index (χ0) is 12.2. The summed E-state index contributed by atoms with van der Waals surface area (Å²) in [7, 11) is -3.71. The molecule has 1 rings (SSSR count). The van der Waals surface area contributed by atoms with E-state index in [9.17, 15) is 13.2 Å². The van der Waals surface area contributed by atoms with Crippen molar-refractivity contribution < 1.29 is 23.4 Å². The van der Waals surface area contributed by atoms with E-state index in [1.165, 1.54) is 12.3 Å². The van der Waals surface area contributed by atoms with Crippen molar-refractivity contribution in [3.8, 4) is 0 Å². The van der Waals surface area contributed by atoms with Gasteiger partial charge in [-0.1, -0.05) is 0 Å². The Morgan fingerprint density at radius 1 is 1.62 bits per heavy atom. The van der Waals surface area contributed by atoms with Crippen molar-refractivity contribution in [3.05, 3.63) is 12.3 Å². The van der Waals surface area contributed by atoms with Gasteiger partial charge in [-0.05, 0) is 12.5 Å². The summed E-state index contributed by atoms with van der Waals surface area (Å²) in [6, 6.07) is 1.26. The number of aromatic nitrogens is 2. The van der Waals surface area contributed by atoms with E-state index < -0.39 is 22.1 Å². The smallest absolute Gasteiger partial charge is 0.332 e. The van der Waals surface area contributed by atoms with Crippen molar-refractivity contribution in [2.75, 3.05) is 6.54 Å². The molecule has 4 N–H and O–H groups in total. The summed E-state index contributed by atoms with van der Waals surface area (Å²) < 4.78 is 25.0. The van der Waals surface area contributed by atoms with Crippen LogP contribution in [-0.2, 0) is 14.8 Å². The summed E-state index contributed by atoms with van der Waals surface area (Å²) in [5, 5.41) is 22.9. The average molecular weight is 249 g/mol. The zero-order valence-electron chi connectivity index (χ0n) is 8.12. The Kier molecular flexibility index (Phi) is 3.99. The highest BCUT2D eigenvalue weighted by Gasteiger charge is 2.17. The Bertz CT molecular complexity index is 441. The fourth-order valence-electron chi connectivity index (χ4n) is 0.924. The molecule has 8 nitrogen and oxygen atoms in total. The largest absolute Gasteiger partial charge is 0.479 e. The number of hydrogen-bond donors (Lipinski definition) is 4. The van der Waals surface area contributed by atoms with Gasteiger partial charge in [0.2, 0.25) is 0 Å². The van der Waals surface area contributed by atoms with Gasteiger partial charge in [0, 0.05) is 6.54 Å². The van der Waals surface area contributed by atoms with Gasteiger partial charge >= 0.3 is 5.97 Å². The average Bonchev–Trinajstić information content (AvgIpc) is 2.70. The molecule has 0 spiro atoms. The van der Waals surface area contributed by atoms with Gasteiger partial charge in [-0.2, -0.15) is 5.10 Å². The van der Waals surface area contributed by atoms with Gasteiger partial charge in [0.25, 0.3) is 10.0 Å². The number of H-pyrrole nitrogens is 1. The van der Waals surface area contributed by atoms with Crippen LogP contribution in [0.15, 0.2) is 17.3 Å². The van der Waals surface area contributed by atoms with Gasteiger partial charge < -0.3 is 10.2 Å². The minimum Gasteiger partial charge on any atom is -0.479 e. The third-order valence-corrected chi connectivity index (χ3v) is 3.15. The fourth-order valence-corrected chi connectivity index (χ4v) is 1.88. The number of aromatic amines is 1. The third-order valence-electron chi connectivity index (χ3n) is 1.76. The van der Waals surface area contributed by atoms with Crippen molar-refractivity contribution >= 4 is 16.0 Å². The van der Waals surface area contributed by atoms with E-state index in [-0.39, 0.29) is 18.0 Å². The second-order valence-electron chi connectivity index (χ2n) is 2.96. The van der Waals surface area contributed by atoms with Crippen LogP contribution in [0.3, 0.4) is 0 Å². The number of aliphatic carboxylic acids is 1. The number of sulfonamides is 1. The molecule has 0 amide bonds. The first-order chi connectivity index (χ1) is 7.43. The molecular weight excluding hydrogens is 238 g/mol. The van der Waals surface area contributed by atoms with Crippen molar-refractivity contribution in [3.63, 3.8) is 0 Å². The van der Waals surface area contributed by atoms with E-state index in [0.717, 1.165) is 0 Å². The van der Waals surface area contributed by atoms with E-state index in [2.05, 4.69) is 14.9 Å². The molecule has 1 atom stereocenters. The molecule has 1 heterocycles. The van der Waals surface area contributed by atoms with Gasteiger partial charge in [-0.3, -0.25) is 5.10 Å². The molecule has 0 bridgehead atoms. The summed E-state index contributed by atoms with van der Waals surface area (Å²) in [4.78, 5) is 10.2. The van der Waals surface area contributed by atoms with Crippen LogP contribution in [0.5, 0.6) is 0 Å². The maximum Gasteiger partial charge on any atom is 0.332 e. The monoisotopic (exact) mass is 249 g/mol. The van der Waals surface area contributed by atoms with Gasteiger partial charge in [0.1, 0.15) is 0 Å². The maximum absolute atomic E-state index is 11.4. The highest BCUT2D eigenvalue weighted by Crippen LogP contribution is 2.02. The predicted molar refractivity (Wildman–Crippen MR) is 52.0 cm³/mol. The Morgan fingerprint density at radius 3 is 2.81 bits per heavy atom. The minimum atomic E-state index is -3.71. The Balaban J connectivity index is 2.47. The molecule has 9 heteroatoms. The fraction of sp³-hybridized carbons (Fsp3) is 0.429. The first-order valence-electron chi connectivity index (χ1n) is 4.33. The lowest BCUT2D eigenvalue weighted by Crippen LogP contribution is -2.30. The number of aliphatic hydroxyl groups excluding tert-OH is 1. The van der Waals surface area contributed by atoms with Gasteiger partial charge in [0.15, 0.2) is 11.1 Å². The quantitative estimate of drug-likeness (QED) is 0.486. The second kappa shape index (κ2) is 5.05. The van der Waals surface area contributed by atoms with Gasteiger partial charge in [-0.25, -0.2) is 17.9 Å². The summed E-state index contributed by atoms with van der Waals surface area (Å²) in [6.07, 6.45) is -0.506. The van der Waals surface area contributed by atoms with E-state index in [1.807, 2.05) is 0 Å². The van der Waals surface area contributed by atoms with Crippen LogP contribution in [0.2, 0.25) is 0 Å². The van der Waals surface area contributed by atoms with Crippen LogP contribution in [0.4, 0.5) is 0 Å². The number of carboxylic acids is 1. The van der Waals surface area contributed by atoms with E-state index in [0.29, 0.717) is 0 Å². The van der Waals surface area contributed by atoms with Crippen molar-refractivity contribution in [2.24, 2.45) is 0 Å². The summed E-state index contributed by atoms with van der Waals surface area (Å²) in [5.74, 6) is -1.39. The molecule has 0 aliphatic rings. The number of carboxylic acid groups (broad SMARTS) is 1. The molecule has 0 aliphatic carbocycles. The SMILES string of the molecule is O=C(O)C(O)CCNS(=O)(=O)c1ccn[nH]1. The lowest BCUT2D eigenvalue weighted by molar-refractivity contribution is -0.146. The van der Waals surface area contributed by atoms with E-state index >= 15 is 0 Å². The second-order valence-corrected chi connectivity index (χ2v) is 4.70. The molecule has 0 aromatic carbocycles. The molecule has 0 aliphatic heterocycles. The molecule has 0 saturated carbocycles. The number of aliphatic hydroxyl groups is 1. The molecule has 1 aromatic rings. The van der Waals surface area contributed by atoms with Crippen molar-refractivity contribution in [2.45, 2.75) is 17.6 Å². The van der Waals surface area contributed by atoms with Crippen LogP contribution in [0.25, 0.3) is 0 Å². The third kappa shape index (κ3) is 3.29. The molecule has 16 heavy (non-hydrogen) atoms. The summed E-state index contributed by atoms with van der Waals surface area (Å²) in [6.45, 7) is -0.172. The molecule has 1 unspecified atom stereocenters. The minimum absolute atomic E-state index is 0.114. The Labute approximate surface area is 91.3 Å². The molecule has 90 valence electrons. The molecule has 1 aromatic heterocycles. The highest BCUT2D eigenvalue weighted by molar-refractivity contribution is 7.89. The lowest BCUT2D eigenvalue weighted by Gasteiger charge is -2.06. The van der Waals surface area contributed by atoms with Gasteiger partial charge in [-0.15, -0.1) is 0 Å². The number of carbonyl (C=O) groups is 1. The van der Waals surface area contributed by atoms with Crippen molar-refractivity contribution in [1.82, 2.24) is 14.9 Å². The normalized spacial score (nSPS) is 13.6. The first-order valence-corrected chi connectivity index (χ1v) is 5.81. The summed E-state index contributed by atoms with van der Waals surface area (Å²) in [5.41, 5.74) is 0. The Morgan fingerprint density at radius 2 is 2.31 bits per heavy atom. The summed E-state index contributed by atoms with van der Waals surface area (Å²) >= 11 is 0. The Hall–Kier alpha value is -1.45. The van der Waals surface area contributed by atoms with Gasteiger partial charge in [0.05, 0.1) is 6.20 Å². The number of nitrogens with zero attached hydrogens (tertiary/aromatic N) is 1. The van der Waals surface area contributed by atoms with Crippen LogP contribution in [0, 0.1) is 0 Å². The predicted octanol–water partition coefficient (Wildman–Crippen LogP) is -1.48. The highest BCUT2D eigenvalue weighted by atomic mass is 32.2. The van der Waals surface area contributed by atoms with Crippen LogP contribution < -0.4 is 4.72 Å². The molecule has 0 saturated heterocycles.